The molecule has 0 aliphatic heterocycles. The number of halogens is 1. The Morgan fingerprint density at radius 2 is 1.93 bits per heavy atom. The highest BCUT2D eigenvalue weighted by Gasteiger charge is 2.08. The average Bonchev–Trinajstić information content (AvgIpc) is 2.10. The van der Waals surface area contributed by atoms with Crippen LogP contribution in [0.2, 0.25) is 0 Å². The number of aryl methyl sites for hydroxylation is 1. The first-order valence-electron chi connectivity index (χ1n) is 4.68. The zero-order chi connectivity index (χ0) is 9.84. The fourth-order valence-corrected chi connectivity index (χ4v) is 1.51. The lowest BCUT2D eigenvalue weighted by atomic mass is 9.96. The van der Waals surface area contributed by atoms with Crippen molar-refractivity contribution in [2.75, 3.05) is 6.54 Å². The van der Waals surface area contributed by atoms with E-state index in [9.17, 15) is 0 Å². The maximum atomic E-state index is 6.00. The van der Waals surface area contributed by atoms with Crippen molar-refractivity contribution in [3.8, 4) is 0 Å². The van der Waals surface area contributed by atoms with Crippen LogP contribution in [0, 0.1) is 13.8 Å². The van der Waals surface area contributed by atoms with Crippen molar-refractivity contribution in [3.63, 3.8) is 0 Å². The largest absolute Gasteiger partial charge is 0.330 e. The van der Waals surface area contributed by atoms with Crippen molar-refractivity contribution < 1.29 is 0 Å². The van der Waals surface area contributed by atoms with Crippen LogP contribution in [0.3, 0.4) is 0 Å². The summed E-state index contributed by atoms with van der Waals surface area (Å²) >= 11 is 0. The third-order valence-electron chi connectivity index (χ3n) is 2.52. The number of benzene rings is 1. The molecule has 0 saturated heterocycles. The Morgan fingerprint density at radius 1 is 1.29 bits per heavy atom. The van der Waals surface area contributed by atoms with Gasteiger partial charge in [-0.3, -0.25) is 0 Å². The lowest BCUT2D eigenvalue weighted by molar-refractivity contribution is 0.657. The molecule has 0 aliphatic carbocycles. The second-order valence-electron chi connectivity index (χ2n) is 3.47. The second-order valence-corrected chi connectivity index (χ2v) is 3.47. The highest BCUT2D eigenvalue weighted by Crippen LogP contribution is 2.20. The molecule has 1 aromatic carbocycles. The molecule has 1 rings (SSSR count). The summed E-state index contributed by atoms with van der Waals surface area (Å²) in [6, 6.07) is 6.33. The first-order chi connectivity index (χ1) is 6.16. The van der Waals surface area contributed by atoms with Gasteiger partial charge in [0.2, 0.25) is 0 Å². The Labute approximate surface area is 92.1 Å². The third-order valence-corrected chi connectivity index (χ3v) is 2.52. The molecular weight excluding hydrogens is 196 g/mol. The van der Waals surface area contributed by atoms with Crippen molar-refractivity contribution in [1.29, 1.82) is 0 Å². The van der Waals surface area contributed by atoms with E-state index in [1.54, 1.807) is 0 Å². The van der Waals surface area contributed by atoms with Crippen molar-refractivity contribution in [2.24, 2.45) is 11.5 Å². The van der Waals surface area contributed by atoms with Gasteiger partial charge in [-0.15, -0.1) is 12.4 Å². The van der Waals surface area contributed by atoms with Crippen molar-refractivity contribution >= 4 is 12.4 Å². The predicted octanol–water partition coefficient (Wildman–Crippen LogP) is 2.07. The van der Waals surface area contributed by atoms with E-state index < -0.39 is 0 Å². The molecule has 0 heterocycles. The first-order valence-corrected chi connectivity index (χ1v) is 4.68. The van der Waals surface area contributed by atoms with E-state index in [1.807, 2.05) is 6.07 Å². The van der Waals surface area contributed by atoms with Crippen LogP contribution in [0.4, 0.5) is 0 Å². The quantitative estimate of drug-likeness (QED) is 0.810. The maximum absolute atomic E-state index is 6.00. The van der Waals surface area contributed by atoms with Crippen LogP contribution in [0.5, 0.6) is 0 Å². The van der Waals surface area contributed by atoms with Crippen LogP contribution in [0.25, 0.3) is 0 Å². The third kappa shape index (κ3) is 2.98. The fourth-order valence-electron chi connectivity index (χ4n) is 1.51. The van der Waals surface area contributed by atoms with E-state index in [2.05, 4.69) is 26.0 Å². The number of hydrogen-bond donors (Lipinski definition) is 2. The summed E-state index contributed by atoms with van der Waals surface area (Å²) in [6.07, 6.45) is 0.851. The van der Waals surface area contributed by atoms with E-state index >= 15 is 0 Å². The monoisotopic (exact) mass is 214 g/mol. The minimum atomic E-state index is 0. The van der Waals surface area contributed by atoms with Crippen LogP contribution in [0.1, 0.15) is 29.2 Å². The van der Waals surface area contributed by atoms with Crippen LogP contribution >= 0.6 is 12.4 Å². The second kappa shape index (κ2) is 6.02. The van der Waals surface area contributed by atoms with Crippen molar-refractivity contribution in [1.82, 2.24) is 0 Å². The summed E-state index contributed by atoms with van der Waals surface area (Å²) in [5.74, 6) is 0. The molecule has 2 nitrogen and oxygen atoms in total. The minimum Gasteiger partial charge on any atom is -0.330 e. The van der Waals surface area contributed by atoms with E-state index in [0.717, 1.165) is 6.42 Å². The van der Waals surface area contributed by atoms with E-state index in [1.165, 1.54) is 16.7 Å². The number of rotatable bonds is 3. The summed E-state index contributed by atoms with van der Waals surface area (Å²) in [5.41, 5.74) is 15.3. The lowest BCUT2D eigenvalue weighted by Gasteiger charge is -2.15. The Balaban J connectivity index is 0.00000169. The number of nitrogens with two attached hydrogens (primary N) is 2. The van der Waals surface area contributed by atoms with Crippen molar-refractivity contribution in [2.45, 2.75) is 26.3 Å². The Hall–Kier alpha value is -0.570. The van der Waals surface area contributed by atoms with Crippen LogP contribution < -0.4 is 11.5 Å². The lowest BCUT2D eigenvalue weighted by Crippen LogP contribution is -2.16. The number of hydrogen-bond acceptors (Lipinski definition) is 2. The zero-order valence-electron chi connectivity index (χ0n) is 8.79. The Morgan fingerprint density at radius 3 is 2.50 bits per heavy atom. The van der Waals surface area contributed by atoms with Crippen LogP contribution in [0.15, 0.2) is 18.2 Å². The smallest absolute Gasteiger partial charge is 0.0309 e. The van der Waals surface area contributed by atoms with Gasteiger partial charge in [0.25, 0.3) is 0 Å². The average molecular weight is 215 g/mol. The molecule has 1 atom stereocenters. The molecule has 0 saturated carbocycles. The SMILES string of the molecule is Cc1cccc([C@H](N)CCN)c1C.Cl. The summed E-state index contributed by atoms with van der Waals surface area (Å²) in [5, 5.41) is 0. The summed E-state index contributed by atoms with van der Waals surface area (Å²) < 4.78 is 0. The van der Waals surface area contributed by atoms with Gasteiger partial charge >= 0.3 is 0 Å². The Kier molecular flexibility index (Phi) is 5.77. The summed E-state index contributed by atoms with van der Waals surface area (Å²) in [6.45, 7) is 4.86. The molecule has 4 N–H and O–H groups in total. The highest BCUT2D eigenvalue weighted by atomic mass is 35.5. The van der Waals surface area contributed by atoms with E-state index in [0.29, 0.717) is 6.54 Å². The molecule has 0 unspecified atom stereocenters. The van der Waals surface area contributed by atoms with Crippen LogP contribution in [-0.4, -0.2) is 6.54 Å². The standard InChI is InChI=1S/C11H18N2.ClH/c1-8-4-3-5-10(9(8)2)11(13)6-7-12;/h3-5,11H,6-7,12-13H2,1-2H3;1H/t11-;/m1./s1. The van der Waals surface area contributed by atoms with Gasteiger partial charge in [0.05, 0.1) is 0 Å². The fraction of sp³-hybridized carbons (Fsp3) is 0.455. The molecule has 0 bridgehead atoms. The molecule has 0 aliphatic rings. The van der Waals surface area contributed by atoms with Gasteiger partial charge in [0.15, 0.2) is 0 Å². The normalized spacial score (nSPS) is 12.0. The van der Waals surface area contributed by atoms with Gasteiger partial charge < -0.3 is 11.5 Å². The van der Waals surface area contributed by atoms with Crippen molar-refractivity contribution in [3.05, 3.63) is 34.9 Å². The molecule has 14 heavy (non-hydrogen) atoms. The predicted molar refractivity (Wildman–Crippen MR) is 63.8 cm³/mol. The minimum absolute atomic E-state index is 0. The first kappa shape index (κ1) is 13.4. The molecule has 0 radical (unpaired) electrons. The molecule has 1 aromatic rings. The molecule has 0 fully saturated rings. The van der Waals surface area contributed by atoms with E-state index in [4.69, 9.17) is 11.5 Å². The highest BCUT2D eigenvalue weighted by molar-refractivity contribution is 5.85. The van der Waals surface area contributed by atoms with Gasteiger partial charge in [-0.2, -0.15) is 0 Å². The topological polar surface area (TPSA) is 52.0 Å². The molecule has 0 amide bonds. The molecule has 80 valence electrons. The van der Waals surface area contributed by atoms with E-state index in [-0.39, 0.29) is 18.4 Å². The summed E-state index contributed by atoms with van der Waals surface area (Å²) in [4.78, 5) is 0. The van der Waals surface area contributed by atoms with Gasteiger partial charge in [-0.25, -0.2) is 0 Å². The molecule has 0 spiro atoms. The molecular formula is C11H19ClN2. The van der Waals surface area contributed by atoms with Gasteiger partial charge in [-0.1, -0.05) is 18.2 Å². The zero-order valence-corrected chi connectivity index (χ0v) is 9.60. The maximum Gasteiger partial charge on any atom is 0.0309 e. The van der Waals surface area contributed by atoms with Gasteiger partial charge in [-0.05, 0) is 43.5 Å². The van der Waals surface area contributed by atoms with Gasteiger partial charge in [0.1, 0.15) is 0 Å². The molecule has 0 aromatic heterocycles. The molecule has 3 heteroatoms. The Bertz CT molecular complexity index is 287. The van der Waals surface area contributed by atoms with Gasteiger partial charge in [0, 0.05) is 6.04 Å². The van der Waals surface area contributed by atoms with Crippen LogP contribution in [-0.2, 0) is 0 Å². The summed E-state index contributed by atoms with van der Waals surface area (Å²) in [7, 11) is 0.